The van der Waals surface area contributed by atoms with Gasteiger partial charge in [-0.15, -0.1) is 11.3 Å². The van der Waals surface area contributed by atoms with Crippen LogP contribution in [-0.4, -0.2) is 21.0 Å². The lowest BCUT2D eigenvalue weighted by atomic mass is 10.3. The van der Waals surface area contributed by atoms with Crippen LogP contribution in [0, 0.1) is 0 Å². The summed E-state index contributed by atoms with van der Waals surface area (Å²) in [4.78, 5) is 17.6. The van der Waals surface area contributed by atoms with E-state index >= 15 is 0 Å². The van der Waals surface area contributed by atoms with Crippen LogP contribution in [0.3, 0.4) is 0 Å². The Balaban J connectivity index is 2.22. The van der Waals surface area contributed by atoms with Gasteiger partial charge in [-0.25, -0.2) is 4.98 Å². The van der Waals surface area contributed by atoms with E-state index in [1.807, 2.05) is 23.8 Å². The number of H-pyrrole nitrogens is 1. The van der Waals surface area contributed by atoms with Crippen LogP contribution >= 0.6 is 11.3 Å². The van der Waals surface area contributed by atoms with Crippen molar-refractivity contribution in [3.63, 3.8) is 0 Å². The summed E-state index contributed by atoms with van der Waals surface area (Å²) in [5.74, 6) is -0.847. The second kappa shape index (κ2) is 3.63. The van der Waals surface area contributed by atoms with Crippen LogP contribution in [0.5, 0.6) is 0 Å². The van der Waals surface area contributed by atoms with E-state index in [1.54, 1.807) is 0 Å². The molecular formula is C9H8N2O2S. The zero-order valence-corrected chi connectivity index (χ0v) is 8.04. The Morgan fingerprint density at radius 1 is 1.64 bits per heavy atom. The minimum atomic E-state index is -0.847. The molecule has 0 amide bonds. The first-order valence-electron chi connectivity index (χ1n) is 4.05. The quantitative estimate of drug-likeness (QED) is 0.807. The van der Waals surface area contributed by atoms with Gasteiger partial charge in [0.2, 0.25) is 0 Å². The van der Waals surface area contributed by atoms with E-state index in [9.17, 15) is 4.79 Å². The molecule has 0 spiro atoms. The number of thiazole rings is 1. The summed E-state index contributed by atoms with van der Waals surface area (Å²) in [5, 5.41) is 11.1. The number of aromatic amines is 1. The molecule has 72 valence electrons. The van der Waals surface area contributed by atoms with Gasteiger partial charge in [0, 0.05) is 23.3 Å². The molecule has 4 nitrogen and oxygen atoms in total. The van der Waals surface area contributed by atoms with Crippen molar-refractivity contribution in [1.29, 1.82) is 0 Å². The molecule has 0 aliphatic rings. The number of carboxylic acid groups (broad SMARTS) is 1. The maximum Gasteiger partial charge on any atom is 0.310 e. The van der Waals surface area contributed by atoms with Gasteiger partial charge in [0.05, 0.1) is 12.1 Å². The third kappa shape index (κ3) is 1.82. The Hall–Kier alpha value is -1.62. The Morgan fingerprint density at radius 3 is 3.14 bits per heavy atom. The minimum Gasteiger partial charge on any atom is -0.481 e. The highest BCUT2D eigenvalue weighted by Gasteiger charge is 2.07. The molecule has 0 bridgehead atoms. The van der Waals surface area contributed by atoms with E-state index in [2.05, 4.69) is 9.97 Å². The Bertz CT molecular complexity index is 433. The fourth-order valence-corrected chi connectivity index (χ4v) is 1.93. The van der Waals surface area contributed by atoms with Gasteiger partial charge in [0.1, 0.15) is 5.01 Å². The largest absolute Gasteiger partial charge is 0.481 e. The average Bonchev–Trinajstić information content (AvgIpc) is 2.69. The van der Waals surface area contributed by atoms with Crippen LogP contribution in [0.2, 0.25) is 0 Å². The summed E-state index contributed by atoms with van der Waals surface area (Å²) in [7, 11) is 0. The molecule has 0 atom stereocenters. The maximum atomic E-state index is 10.4. The van der Waals surface area contributed by atoms with Crippen LogP contribution in [0.1, 0.15) is 5.01 Å². The predicted octanol–water partition coefficient (Wildman–Crippen LogP) is 1.77. The van der Waals surface area contributed by atoms with E-state index in [4.69, 9.17) is 5.11 Å². The second-order valence-corrected chi connectivity index (χ2v) is 3.74. The van der Waals surface area contributed by atoms with Crippen LogP contribution in [0.4, 0.5) is 0 Å². The second-order valence-electron chi connectivity index (χ2n) is 2.80. The van der Waals surface area contributed by atoms with Crippen molar-refractivity contribution in [3.05, 3.63) is 28.8 Å². The van der Waals surface area contributed by atoms with E-state index in [0.29, 0.717) is 5.01 Å². The minimum absolute atomic E-state index is 0.00487. The van der Waals surface area contributed by atoms with Gasteiger partial charge in [-0.2, -0.15) is 0 Å². The fourth-order valence-electron chi connectivity index (χ4n) is 1.14. The number of nitrogens with one attached hydrogen (secondary N) is 1. The van der Waals surface area contributed by atoms with E-state index in [1.165, 1.54) is 11.3 Å². The molecule has 0 aromatic carbocycles. The topological polar surface area (TPSA) is 66.0 Å². The predicted molar refractivity (Wildman–Crippen MR) is 53.2 cm³/mol. The molecule has 2 aromatic rings. The number of rotatable bonds is 3. The van der Waals surface area contributed by atoms with Crippen molar-refractivity contribution < 1.29 is 9.90 Å². The molecule has 14 heavy (non-hydrogen) atoms. The third-order valence-corrected chi connectivity index (χ3v) is 2.60. The number of carbonyl (C=O) groups is 1. The number of aliphatic carboxylic acids is 1. The fraction of sp³-hybridized carbons (Fsp3) is 0.111. The standard InChI is InChI=1S/C9H8N2O2S/c12-9(13)3-8-11-7(5-14-8)6-1-2-10-4-6/h1-2,4-5,10H,3H2,(H,12,13). The zero-order chi connectivity index (χ0) is 9.97. The molecule has 0 radical (unpaired) electrons. The third-order valence-electron chi connectivity index (χ3n) is 1.75. The zero-order valence-electron chi connectivity index (χ0n) is 7.23. The van der Waals surface area contributed by atoms with Gasteiger partial charge in [-0.3, -0.25) is 4.79 Å². The van der Waals surface area contributed by atoms with Crippen molar-refractivity contribution in [2.24, 2.45) is 0 Å². The van der Waals surface area contributed by atoms with Gasteiger partial charge in [0.25, 0.3) is 0 Å². The van der Waals surface area contributed by atoms with Crippen LogP contribution in [-0.2, 0) is 11.2 Å². The molecule has 0 aliphatic carbocycles. The molecule has 2 aromatic heterocycles. The monoisotopic (exact) mass is 208 g/mol. The van der Waals surface area contributed by atoms with Crippen LogP contribution in [0.15, 0.2) is 23.8 Å². The summed E-state index contributed by atoms with van der Waals surface area (Å²) in [6.45, 7) is 0. The lowest BCUT2D eigenvalue weighted by Crippen LogP contribution is -1.98. The number of carboxylic acids is 1. The van der Waals surface area contributed by atoms with Crippen LogP contribution < -0.4 is 0 Å². The van der Waals surface area contributed by atoms with E-state index < -0.39 is 5.97 Å². The van der Waals surface area contributed by atoms with Crippen molar-refractivity contribution in [3.8, 4) is 11.3 Å². The molecule has 0 fully saturated rings. The summed E-state index contributed by atoms with van der Waals surface area (Å²) in [6, 6.07) is 1.90. The van der Waals surface area contributed by atoms with E-state index in [-0.39, 0.29) is 6.42 Å². The summed E-state index contributed by atoms with van der Waals surface area (Å²) < 4.78 is 0. The Labute approximate surface area is 84.2 Å². The molecule has 0 unspecified atom stereocenters. The van der Waals surface area contributed by atoms with E-state index in [0.717, 1.165) is 11.3 Å². The summed E-state index contributed by atoms with van der Waals surface area (Å²) in [6.07, 6.45) is 3.64. The average molecular weight is 208 g/mol. The van der Waals surface area contributed by atoms with Crippen LogP contribution in [0.25, 0.3) is 11.3 Å². The lowest BCUT2D eigenvalue weighted by Gasteiger charge is -1.88. The van der Waals surface area contributed by atoms with Gasteiger partial charge < -0.3 is 10.1 Å². The number of hydrogen-bond donors (Lipinski definition) is 2. The Morgan fingerprint density at radius 2 is 2.50 bits per heavy atom. The first-order chi connectivity index (χ1) is 6.75. The first-order valence-corrected chi connectivity index (χ1v) is 4.93. The van der Waals surface area contributed by atoms with Crippen molar-refractivity contribution in [1.82, 2.24) is 9.97 Å². The lowest BCUT2D eigenvalue weighted by molar-refractivity contribution is -0.136. The van der Waals surface area contributed by atoms with Crippen molar-refractivity contribution in [2.75, 3.05) is 0 Å². The van der Waals surface area contributed by atoms with Crippen molar-refractivity contribution in [2.45, 2.75) is 6.42 Å². The summed E-state index contributed by atoms with van der Waals surface area (Å²) >= 11 is 1.37. The number of nitrogens with zero attached hydrogens (tertiary/aromatic N) is 1. The smallest absolute Gasteiger partial charge is 0.310 e. The van der Waals surface area contributed by atoms with Crippen molar-refractivity contribution >= 4 is 17.3 Å². The molecular weight excluding hydrogens is 200 g/mol. The highest BCUT2D eigenvalue weighted by molar-refractivity contribution is 7.10. The number of hydrogen-bond acceptors (Lipinski definition) is 3. The highest BCUT2D eigenvalue weighted by Crippen LogP contribution is 2.21. The normalized spacial score (nSPS) is 10.3. The molecule has 0 aliphatic heterocycles. The molecule has 2 heterocycles. The van der Waals surface area contributed by atoms with Gasteiger partial charge >= 0.3 is 5.97 Å². The molecule has 0 saturated heterocycles. The molecule has 2 N–H and O–H groups in total. The molecule has 2 rings (SSSR count). The van der Waals surface area contributed by atoms with Gasteiger partial charge in [-0.05, 0) is 6.07 Å². The molecule has 0 saturated carbocycles. The SMILES string of the molecule is O=C(O)Cc1nc(-c2cc[nH]c2)cs1. The number of aromatic nitrogens is 2. The van der Waals surface area contributed by atoms with Gasteiger partial charge in [-0.1, -0.05) is 0 Å². The Kier molecular flexibility index (Phi) is 2.32. The first kappa shape index (κ1) is 8.96. The van der Waals surface area contributed by atoms with Gasteiger partial charge in [0.15, 0.2) is 0 Å². The highest BCUT2D eigenvalue weighted by atomic mass is 32.1. The molecule has 5 heteroatoms. The summed E-state index contributed by atoms with van der Waals surface area (Å²) in [5.41, 5.74) is 1.81. The maximum absolute atomic E-state index is 10.4.